The van der Waals surface area contributed by atoms with Crippen molar-refractivity contribution in [2.75, 3.05) is 11.9 Å². The van der Waals surface area contributed by atoms with E-state index in [4.69, 9.17) is 4.74 Å². The average Bonchev–Trinajstić information content (AvgIpc) is 2.82. The van der Waals surface area contributed by atoms with E-state index >= 15 is 0 Å². The van der Waals surface area contributed by atoms with Crippen LogP contribution in [0.1, 0.15) is 25.3 Å². The van der Waals surface area contributed by atoms with E-state index in [0.29, 0.717) is 17.5 Å². The largest absolute Gasteiger partial charge is 0.484 e. The number of benzene rings is 1. The van der Waals surface area contributed by atoms with Crippen molar-refractivity contribution in [2.45, 2.75) is 19.8 Å². The summed E-state index contributed by atoms with van der Waals surface area (Å²) in [4.78, 5) is 11.7. The highest BCUT2D eigenvalue weighted by Crippen LogP contribution is 2.18. The fourth-order valence-electron chi connectivity index (χ4n) is 1.76. The lowest BCUT2D eigenvalue weighted by Crippen LogP contribution is -2.20. The van der Waals surface area contributed by atoms with E-state index in [-0.39, 0.29) is 12.5 Å². The van der Waals surface area contributed by atoms with Gasteiger partial charge in [-0.15, -0.1) is 0 Å². The molecule has 0 fully saturated rings. The van der Waals surface area contributed by atoms with Gasteiger partial charge in [-0.2, -0.15) is 5.10 Å². The first-order valence-electron chi connectivity index (χ1n) is 6.57. The minimum Gasteiger partial charge on any atom is -0.484 e. The van der Waals surface area contributed by atoms with Gasteiger partial charge in [-0.3, -0.25) is 9.48 Å². The zero-order chi connectivity index (χ0) is 14.5. The van der Waals surface area contributed by atoms with Crippen LogP contribution < -0.4 is 10.1 Å². The van der Waals surface area contributed by atoms with Crippen molar-refractivity contribution in [1.82, 2.24) is 9.78 Å². The summed E-state index contributed by atoms with van der Waals surface area (Å²) in [6, 6.07) is 9.51. The maximum atomic E-state index is 11.7. The third-order valence-electron chi connectivity index (χ3n) is 2.90. The number of anilines is 1. The minimum absolute atomic E-state index is 0.0302. The van der Waals surface area contributed by atoms with Gasteiger partial charge >= 0.3 is 0 Å². The van der Waals surface area contributed by atoms with Crippen LogP contribution in [0.5, 0.6) is 5.75 Å². The predicted molar refractivity (Wildman–Crippen MR) is 77.9 cm³/mol. The fourth-order valence-corrected chi connectivity index (χ4v) is 1.76. The number of aromatic nitrogens is 2. The normalized spacial score (nSPS) is 10.6. The molecule has 1 N–H and O–H groups in total. The topological polar surface area (TPSA) is 56.1 Å². The summed E-state index contributed by atoms with van der Waals surface area (Å²) in [5.74, 6) is 1.47. The molecule has 5 heteroatoms. The summed E-state index contributed by atoms with van der Waals surface area (Å²) in [5, 5.41) is 6.73. The Bertz CT molecular complexity index is 573. The molecule has 0 aliphatic rings. The van der Waals surface area contributed by atoms with Gasteiger partial charge in [-0.1, -0.05) is 26.0 Å². The average molecular weight is 273 g/mol. The summed E-state index contributed by atoms with van der Waals surface area (Å²) in [5.41, 5.74) is 1.25. The summed E-state index contributed by atoms with van der Waals surface area (Å²) < 4.78 is 7.06. The number of carbonyl (C=O) groups is 1. The third-order valence-corrected chi connectivity index (χ3v) is 2.90. The Hall–Kier alpha value is -2.30. The Balaban J connectivity index is 1.83. The molecule has 2 aromatic rings. The number of hydrogen-bond donors (Lipinski definition) is 1. The lowest BCUT2D eigenvalue weighted by Gasteiger charge is -2.08. The Labute approximate surface area is 118 Å². The van der Waals surface area contributed by atoms with Gasteiger partial charge in [0.05, 0.1) is 0 Å². The van der Waals surface area contributed by atoms with Crippen molar-refractivity contribution in [1.29, 1.82) is 0 Å². The molecule has 1 aromatic carbocycles. The molecule has 0 aliphatic heterocycles. The monoisotopic (exact) mass is 273 g/mol. The summed E-state index contributed by atoms with van der Waals surface area (Å²) in [6.45, 7) is 4.24. The molecule has 1 amide bonds. The molecule has 20 heavy (non-hydrogen) atoms. The molecule has 0 saturated heterocycles. The van der Waals surface area contributed by atoms with Crippen LogP contribution in [0.25, 0.3) is 0 Å². The zero-order valence-electron chi connectivity index (χ0n) is 12.0. The molecule has 106 valence electrons. The van der Waals surface area contributed by atoms with Gasteiger partial charge in [0.1, 0.15) is 5.75 Å². The molecular formula is C15H19N3O2. The molecule has 0 saturated carbocycles. The third kappa shape index (κ3) is 3.85. The Morgan fingerprint density at radius 2 is 2.00 bits per heavy atom. The standard InChI is InChI=1S/C15H19N3O2/c1-11(2)12-4-6-13(7-5-12)20-10-15(19)16-14-8-9-18(3)17-14/h4-9,11H,10H2,1-3H3,(H,16,17,19). The molecule has 1 aromatic heterocycles. The Morgan fingerprint density at radius 3 is 2.55 bits per heavy atom. The molecule has 0 bridgehead atoms. The number of ether oxygens (including phenoxy) is 1. The molecule has 0 aliphatic carbocycles. The van der Waals surface area contributed by atoms with Crippen molar-refractivity contribution in [3.63, 3.8) is 0 Å². The second-order valence-electron chi connectivity index (χ2n) is 4.94. The van der Waals surface area contributed by atoms with E-state index in [0.717, 1.165) is 0 Å². The highest BCUT2D eigenvalue weighted by Gasteiger charge is 2.06. The van der Waals surface area contributed by atoms with Crippen LogP contribution in [0.2, 0.25) is 0 Å². The van der Waals surface area contributed by atoms with Crippen molar-refractivity contribution < 1.29 is 9.53 Å². The van der Waals surface area contributed by atoms with Crippen LogP contribution in [0.15, 0.2) is 36.5 Å². The molecule has 1 heterocycles. The Morgan fingerprint density at radius 1 is 1.30 bits per heavy atom. The smallest absolute Gasteiger partial charge is 0.263 e. The van der Waals surface area contributed by atoms with E-state index in [1.54, 1.807) is 24.0 Å². The second-order valence-corrected chi connectivity index (χ2v) is 4.94. The van der Waals surface area contributed by atoms with Gasteiger partial charge in [-0.25, -0.2) is 0 Å². The number of aryl methyl sites for hydroxylation is 1. The molecular weight excluding hydrogens is 254 g/mol. The van der Waals surface area contributed by atoms with Crippen LogP contribution >= 0.6 is 0 Å². The first-order chi connectivity index (χ1) is 9.54. The van der Waals surface area contributed by atoms with Crippen molar-refractivity contribution in [3.8, 4) is 5.75 Å². The first kappa shape index (κ1) is 14.1. The summed E-state index contributed by atoms with van der Waals surface area (Å²) in [7, 11) is 1.79. The molecule has 2 rings (SSSR count). The van der Waals surface area contributed by atoms with Crippen LogP contribution in [-0.4, -0.2) is 22.3 Å². The molecule has 0 unspecified atom stereocenters. The first-order valence-corrected chi connectivity index (χ1v) is 6.57. The number of nitrogens with zero attached hydrogens (tertiary/aromatic N) is 2. The number of carbonyl (C=O) groups excluding carboxylic acids is 1. The van der Waals surface area contributed by atoms with Crippen LogP contribution in [-0.2, 0) is 11.8 Å². The molecule has 0 spiro atoms. The quantitative estimate of drug-likeness (QED) is 0.911. The number of amides is 1. The lowest BCUT2D eigenvalue weighted by atomic mass is 10.0. The van der Waals surface area contributed by atoms with Crippen LogP contribution in [0.3, 0.4) is 0 Å². The maximum absolute atomic E-state index is 11.7. The van der Waals surface area contributed by atoms with E-state index in [1.165, 1.54) is 5.56 Å². The highest BCUT2D eigenvalue weighted by atomic mass is 16.5. The van der Waals surface area contributed by atoms with Gasteiger partial charge in [0.2, 0.25) is 0 Å². The van der Waals surface area contributed by atoms with Gasteiger partial charge < -0.3 is 10.1 Å². The Kier molecular flexibility index (Phi) is 4.40. The highest BCUT2D eigenvalue weighted by molar-refractivity contribution is 5.90. The van der Waals surface area contributed by atoms with E-state index in [2.05, 4.69) is 24.3 Å². The van der Waals surface area contributed by atoms with Gasteiger partial charge in [0.15, 0.2) is 12.4 Å². The van der Waals surface area contributed by atoms with Crippen molar-refractivity contribution in [3.05, 3.63) is 42.1 Å². The summed E-state index contributed by atoms with van der Waals surface area (Å²) >= 11 is 0. The van der Waals surface area contributed by atoms with Crippen LogP contribution in [0.4, 0.5) is 5.82 Å². The molecule has 0 atom stereocenters. The maximum Gasteiger partial charge on any atom is 0.263 e. The van der Waals surface area contributed by atoms with E-state index in [9.17, 15) is 4.79 Å². The van der Waals surface area contributed by atoms with Gasteiger partial charge in [0.25, 0.3) is 5.91 Å². The van der Waals surface area contributed by atoms with Crippen molar-refractivity contribution in [2.24, 2.45) is 7.05 Å². The molecule has 0 radical (unpaired) electrons. The predicted octanol–water partition coefficient (Wildman–Crippen LogP) is 2.56. The second kappa shape index (κ2) is 6.23. The zero-order valence-corrected chi connectivity index (χ0v) is 12.0. The minimum atomic E-state index is -0.225. The molecule has 5 nitrogen and oxygen atoms in total. The number of hydrogen-bond acceptors (Lipinski definition) is 3. The van der Waals surface area contributed by atoms with Crippen molar-refractivity contribution >= 4 is 11.7 Å². The van der Waals surface area contributed by atoms with E-state index in [1.807, 2.05) is 24.3 Å². The number of rotatable bonds is 5. The fraction of sp³-hybridized carbons (Fsp3) is 0.333. The van der Waals surface area contributed by atoms with Crippen LogP contribution in [0, 0.1) is 0 Å². The SMILES string of the molecule is CC(C)c1ccc(OCC(=O)Nc2ccn(C)n2)cc1. The van der Waals surface area contributed by atoms with Gasteiger partial charge in [0, 0.05) is 19.3 Å². The number of nitrogens with one attached hydrogen (secondary N) is 1. The lowest BCUT2D eigenvalue weighted by molar-refractivity contribution is -0.118. The summed E-state index contributed by atoms with van der Waals surface area (Å²) in [6.07, 6.45) is 1.76. The van der Waals surface area contributed by atoms with E-state index < -0.39 is 0 Å². The van der Waals surface area contributed by atoms with Gasteiger partial charge in [-0.05, 0) is 23.6 Å².